The molecule has 0 saturated carbocycles. The van der Waals surface area contributed by atoms with Crippen molar-refractivity contribution in [1.29, 1.82) is 0 Å². The maximum absolute atomic E-state index is 5.59. The number of hydrogen-bond donors (Lipinski definition) is 0. The Labute approximate surface area is 94.4 Å². The first-order valence-corrected chi connectivity index (χ1v) is 6.14. The SMILES string of the molecule is CC(C)OCCC(C)N1CCN(C)CC1. The van der Waals surface area contributed by atoms with E-state index in [0.717, 1.165) is 13.0 Å². The van der Waals surface area contributed by atoms with Crippen LogP contribution in [0.4, 0.5) is 0 Å². The fourth-order valence-electron chi connectivity index (χ4n) is 1.92. The zero-order valence-corrected chi connectivity index (χ0v) is 10.7. The van der Waals surface area contributed by atoms with Crippen LogP contribution >= 0.6 is 0 Å². The third kappa shape index (κ3) is 4.96. The topological polar surface area (TPSA) is 15.7 Å². The fourth-order valence-corrected chi connectivity index (χ4v) is 1.92. The lowest BCUT2D eigenvalue weighted by Gasteiger charge is -2.36. The molecule has 0 amide bonds. The number of nitrogens with zero attached hydrogens (tertiary/aromatic N) is 2. The van der Waals surface area contributed by atoms with Crippen LogP contribution in [-0.4, -0.2) is 61.8 Å². The Bertz CT molecular complexity index is 165. The predicted octanol–water partition coefficient (Wildman–Crippen LogP) is 1.44. The van der Waals surface area contributed by atoms with E-state index >= 15 is 0 Å². The van der Waals surface area contributed by atoms with E-state index in [1.165, 1.54) is 26.2 Å². The summed E-state index contributed by atoms with van der Waals surface area (Å²) in [7, 11) is 2.20. The standard InChI is InChI=1S/C12H26N2O/c1-11(2)15-10-5-12(3)14-8-6-13(4)7-9-14/h11-12H,5-10H2,1-4H3. The second-order valence-corrected chi connectivity index (χ2v) is 4.90. The summed E-state index contributed by atoms with van der Waals surface area (Å²) in [4.78, 5) is 4.97. The van der Waals surface area contributed by atoms with Crippen molar-refractivity contribution >= 4 is 0 Å². The van der Waals surface area contributed by atoms with E-state index in [2.05, 4.69) is 37.6 Å². The summed E-state index contributed by atoms with van der Waals surface area (Å²) in [6.45, 7) is 12.2. The van der Waals surface area contributed by atoms with Crippen LogP contribution < -0.4 is 0 Å². The van der Waals surface area contributed by atoms with Crippen molar-refractivity contribution in [1.82, 2.24) is 9.80 Å². The summed E-state index contributed by atoms with van der Waals surface area (Å²) in [5.74, 6) is 0. The molecule has 1 aliphatic rings. The molecule has 0 aliphatic carbocycles. The molecule has 3 heteroatoms. The second-order valence-electron chi connectivity index (χ2n) is 4.90. The molecule has 0 bridgehead atoms. The van der Waals surface area contributed by atoms with E-state index in [1.807, 2.05) is 0 Å². The Balaban J connectivity index is 2.13. The lowest BCUT2D eigenvalue weighted by atomic mass is 10.2. The summed E-state index contributed by atoms with van der Waals surface area (Å²) >= 11 is 0. The van der Waals surface area contributed by atoms with Crippen molar-refractivity contribution in [2.75, 3.05) is 39.8 Å². The van der Waals surface area contributed by atoms with E-state index < -0.39 is 0 Å². The van der Waals surface area contributed by atoms with Gasteiger partial charge in [-0.3, -0.25) is 4.90 Å². The average Bonchev–Trinajstić information content (AvgIpc) is 2.18. The van der Waals surface area contributed by atoms with Crippen molar-refractivity contribution in [2.24, 2.45) is 0 Å². The molecule has 0 aromatic carbocycles. The molecule has 1 fully saturated rings. The van der Waals surface area contributed by atoms with Gasteiger partial charge in [0.2, 0.25) is 0 Å². The summed E-state index contributed by atoms with van der Waals surface area (Å²) in [5, 5.41) is 0. The van der Waals surface area contributed by atoms with Crippen LogP contribution in [0.3, 0.4) is 0 Å². The molecule has 1 atom stereocenters. The molecule has 0 N–H and O–H groups in total. The zero-order valence-electron chi connectivity index (χ0n) is 10.7. The first-order valence-electron chi connectivity index (χ1n) is 6.14. The van der Waals surface area contributed by atoms with Crippen LogP contribution in [0, 0.1) is 0 Å². The van der Waals surface area contributed by atoms with Gasteiger partial charge >= 0.3 is 0 Å². The van der Waals surface area contributed by atoms with Gasteiger partial charge in [-0.05, 0) is 34.2 Å². The highest BCUT2D eigenvalue weighted by Gasteiger charge is 2.18. The van der Waals surface area contributed by atoms with Crippen LogP contribution in [0.5, 0.6) is 0 Å². The molecular weight excluding hydrogens is 188 g/mol. The lowest BCUT2D eigenvalue weighted by molar-refractivity contribution is 0.0493. The highest BCUT2D eigenvalue weighted by molar-refractivity contribution is 4.74. The van der Waals surface area contributed by atoms with Crippen LogP contribution in [0.2, 0.25) is 0 Å². The smallest absolute Gasteiger partial charge is 0.0518 e. The fraction of sp³-hybridized carbons (Fsp3) is 1.00. The molecule has 0 spiro atoms. The summed E-state index contributed by atoms with van der Waals surface area (Å²) in [5.41, 5.74) is 0. The van der Waals surface area contributed by atoms with E-state index in [0.29, 0.717) is 12.1 Å². The molecule has 3 nitrogen and oxygen atoms in total. The summed E-state index contributed by atoms with van der Waals surface area (Å²) in [6.07, 6.45) is 1.52. The van der Waals surface area contributed by atoms with Gasteiger partial charge in [0.15, 0.2) is 0 Å². The number of hydrogen-bond acceptors (Lipinski definition) is 3. The molecule has 15 heavy (non-hydrogen) atoms. The summed E-state index contributed by atoms with van der Waals surface area (Å²) < 4.78 is 5.59. The number of rotatable bonds is 5. The molecule has 0 radical (unpaired) electrons. The van der Waals surface area contributed by atoms with Crippen LogP contribution in [0.1, 0.15) is 27.2 Å². The van der Waals surface area contributed by atoms with Crippen LogP contribution in [0.25, 0.3) is 0 Å². The second kappa shape index (κ2) is 6.46. The van der Waals surface area contributed by atoms with E-state index in [1.54, 1.807) is 0 Å². The third-order valence-corrected chi connectivity index (χ3v) is 3.15. The van der Waals surface area contributed by atoms with Gasteiger partial charge in [-0.2, -0.15) is 0 Å². The van der Waals surface area contributed by atoms with Gasteiger partial charge in [0, 0.05) is 38.8 Å². The third-order valence-electron chi connectivity index (χ3n) is 3.15. The average molecular weight is 214 g/mol. The van der Waals surface area contributed by atoms with Gasteiger partial charge in [-0.1, -0.05) is 0 Å². The van der Waals surface area contributed by atoms with Gasteiger partial charge in [-0.25, -0.2) is 0 Å². The normalized spacial score (nSPS) is 22.2. The first kappa shape index (κ1) is 12.9. The minimum absolute atomic E-state index is 0.365. The minimum atomic E-state index is 0.365. The van der Waals surface area contributed by atoms with Gasteiger partial charge in [0.1, 0.15) is 0 Å². The van der Waals surface area contributed by atoms with E-state index in [9.17, 15) is 0 Å². The quantitative estimate of drug-likeness (QED) is 0.689. The molecular formula is C12H26N2O. The number of likely N-dealkylation sites (N-methyl/N-ethyl adjacent to an activating group) is 1. The van der Waals surface area contributed by atoms with Crippen LogP contribution in [0.15, 0.2) is 0 Å². The van der Waals surface area contributed by atoms with Gasteiger partial charge in [0.25, 0.3) is 0 Å². The Hall–Kier alpha value is -0.120. The Morgan fingerprint density at radius 3 is 2.20 bits per heavy atom. The monoisotopic (exact) mass is 214 g/mol. The molecule has 1 heterocycles. The Morgan fingerprint density at radius 2 is 1.67 bits per heavy atom. The highest BCUT2D eigenvalue weighted by Crippen LogP contribution is 2.08. The minimum Gasteiger partial charge on any atom is -0.379 e. The van der Waals surface area contributed by atoms with Crippen LogP contribution in [-0.2, 0) is 4.74 Å². The predicted molar refractivity (Wildman–Crippen MR) is 64.2 cm³/mol. The zero-order chi connectivity index (χ0) is 11.3. The highest BCUT2D eigenvalue weighted by atomic mass is 16.5. The maximum atomic E-state index is 5.59. The van der Waals surface area contributed by atoms with E-state index in [-0.39, 0.29) is 0 Å². The van der Waals surface area contributed by atoms with Crippen molar-refractivity contribution in [3.63, 3.8) is 0 Å². The molecule has 1 rings (SSSR count). The van der Waals surface area contributed by atoms with Gasteiger partial charge in [-0.15, -0.1) is 0 Å². The number of piperazine rings is 1. The van der Waals surface area contributed by atoms with Crippen molar-refractivity contribution < 1.29 is 4.74 Å². The number of ether oxygens (including phenoxy) is 1. The van der Waals surface area contributed by atoms with Crippen molar-refractivity contribution in [3.8, 4) is 0 Å². The largest absolute Gasteiger partial charge is 0.379 e. The van der Waals surface area contributed by atoms with Crippen molar-refractivity contribution in [2.45, 2.75) is 39.3 Å². The molecule has 1 aliphatic heterocycles. The van der Waals surface area contributed by atoms with Crippen molar-refractivity contribution in [3.05, 3.63) is 0 Å². The molecule has 1 unspecified atom stereocenters. The molecule has 1 saturated heterocycles. The summed E-state index contributed by atoms with van der Waals surface area (Å²) in [6, 6.07) is 0.664. The lowest BCUT2D eigenvalue weighted by Crippen LogP contribution is -2.48. The Morgan fingerprint density at radius 1 is 1.07 bits per heavy atom. The first-order chi connectivity index (χ1) is 7.09. The molecule has 0 aromatic heterocycles. The van der Waals surface area contributed by atoms with Gasteiger partial charge in [0.05, 0.1) is 6.10 Å². The molecule has 90 valence electrons. The maximum Gasteiger partial charge on any atom is 0.0518 e. The van der Waals surface area contributed by atoms with E-state index in [4.69, 9.17) is 4.74 Å². The van der Waals surface area contributed by atoms with Gasteiger partial charge < -0.3 is 9.64 Å². The Kier molecular flexibility index (Phi) is 5.58. The molecule has 0 aromatic rings.